The summed E-state index contributed by atoms with van der Waals surface area (Å²) in [6.45, 7) is 0.883. The second kappa shape index (κ2) is 6.40. The first-order chi connectivity index (χ1) is 12.7. The molecule has 0 aliphatic carbocycles. The second-order valence-corrected chi connectivity index (χ2v) is 5.96. The lowest BCUT2D eigenvalue weighted by Crippen LogP contribution is -2.35. The first kappa shape index (κ1) is 16.0. The summed E-state index contributed by atoms with van der Waals surface area (Å²) in [6, 6.07) is 19.7. The Morgan fingerprint density at radius 3 is 2.58 bits per heavy atom. The Hall–Kier alpha value is -3.54. The van der Waals surface area contributed by atoms with Crippen molar-refractivity contribution in [1.82, 2.24) is 4.90 Å². The molecule has 26 heavy (non-hydrogen) atoms. The highest BCUT2D eigenvalue weighted by molar-refractivity contribution is 6.18. The Morgan fingerprint density at radius 2 is 1.73 bits per heavy atom. The molecule has 128 valence electrons. The molecule has 0 unspecified atom stereocenters. The van der Waals surface area contributed by atoms with Crippen LogP contribution in [-0.2, 0) is 0 Å². The van der Waals surface area contributed by atoms with Gasteiger partial charge in [0.1, 0.15) is 11.4 Å². The van der Waals surface area contributed by atoms with Crippen LogP contribution in [0.2, 0.25) is 0 Å². The molecule has 0 radical (unpaired) electrons. The quantitative estimate of drug-likeness (QED) is 0.537. The van der Waals surface area contributed by atoms with Crippen LogP contribution < -0.4 is 0 Å². The van der Waals surface area contributed by atoms with E-state index in [0.717, 1.165) is 16.3 Å². The van der Waals surface area contributed by atoms with E-state index in [1.54, 1.807) is 12.1 Å². The average Bonchev–Trinajstić information content (AvgIpc) is 3.16. The number of hydrogen-bond donors (Lipinski definition) is 0. The standard InChI is InChI=1S/C20H15N3O3/c24-20(17-9-3-4-11-18(17)23(25)26)22-13-12-21-19(22)16-10-5-7-14-6-1-2-8-15(14)16/h1-11H,12-13H2. The summed E-state index contributed by atoms with van der Waals surface area (Å²) in [4.78, 5) is 29.8. The lowest BCUT2D eigenvalue weighted by molar-refractivity contribution is -0.385. The number of aliphatic imine (C=N–C) groups is 1. The van der Waals surface area contributed by atoms with E-state index in [4.69, 9.17) is 0 Å². The number of carbonyl (C=O) groups is 1. The predicted molar refractivity (Wildman–Crippen MR) is 99.5 cm³/mol. The van der Waals surface area contributed by atoms with E-state index in [9.17, 15) is 14.9 Å². The molecule has 0 spiro atoms. The third-order valence-corrected chi connectivity index (χ3v) is 4.45. The zero-order chi connectivity index (χ0) is 18.1. The van der Waals surface area contributed by atoms with E-state index in [1.807, 2.05) is 42.5 Å². The zero-order valence-electron chi connectivity index (χ0n) is 13.8. The minimum absolute atomic E-state index is 0.0762. The van der Waals surface area contributed by atoms with E-state index in [2.05, 4.69) is 4.99 Å². The van der Waals surface area contributed by atoms with Crippen LogP contribution in [0.4, 0.5) is 5.69 Å². The topological polar surface area (TPSA) is 75.8 Å². The first-order valence-electron chi connectivity index (χ1n) is 8.24. The fraction of sp³-hybridized carbons (Fsp3) is 0.100. The van der Waals surface area contributed by atoms with Crippen molar-refractivity contribution in [3.63, 3.8) is 0 Å². The van der Waals surface area contributed by atoms with Crippen molar-refractivity contribution in [2.45, 2.75) is 0 Å². The van der Waals surface area contributed by atoms with Crippen LogP contribution in [0, 0.1) is 10.1 Å². The van der Waals surface area contributed by atoms with Crippen LogP contribution >= 0.6 is 0 Å². The van der Waals surface area contributed by atoms with Crippen LogP contribution in [-0.4, -0.2) is 34.7 Å². The second-order valence-electron chi connectivity index (χ2n) is 5.96. The van der Waals surface area contributed by atoms with Gasteiger partial charge >= 0.3 is 0 Å². The summed E-state index contributed by atoms with van der Waals surface area (Å²) < 4.78 is 0. The van der Waals surface area contributed by atoms with Crippen molar-refractivity contribution in [2.24, 2.45) is 4.99 Å². The molecule has 3 aromatic rings. The number of rotatable bonds is 3. The van der Waals surface area contributed by atoms with Crippen LogP contribution in [0.3, 0.4) is 0 Å². The van der Waals surface area contributed by atoms with Gasteiger partial charge in [-0.05, 0) is 16.8 Å². The maximum Gasteiger partial charge on any atom is 0.282 e. The van der Waals surface area contributed by atoms with Crippen molar-refractivity contribution < 1.29 is 9.72 Å². The summed E-state index contributed by atoms with van der Waals surface area (Å²) in [5.74, 6) is 0.159. The van der Waals surface area contributed by atoms with Gasteiger partial charge in [-0.1, -0.05) is 54.6 Å². The predicted octanol–water partition coefficient (Wildman–Crippen LogP) is 3.65. The number of amides is 1. The van der Waals surface area contributed by atoms with E-state index >= 15 is 0 Å². The smallest absolute Gasteiger partial charge is 0.282 e. The maximum atomic E-state index is 13.0. The number of nitro benzene ring substituents is 1. The molecule has 1 amide bonds. The molecule has 0 saturated heterocycles. The fourth-order valence-corrected chi connectivity index (χ4v) is 3.25. The molecule has 0 saturated carbocycles. The Bertz CT molecular complexity index is 1050. The van der Waals surface area contributed by atoms with Gasteiger partial charge < -0.3 is 0 Å². The maximum absolute atomic E-state index is 13.0. The highest BCUT2D eigenvalue weighted by atomic mass is 16.6. The molecule has 0 atom stereocenters. The molecule has 1 aliphatic rings. The molecule has 6 heteroatoms. The molecule has 3 aromatic carbocycles. The van der Waals surface area contributed by atoms with E-state index < -0.39 is 10.8 Å². The third kappa shape index (κ3) is 2.61. The Morgan fingerprint density at radius 1 is 1.00 bits per heavy atom. The normalized spacial score (nSPS) is 13.7. The minimum atomic E-state index is -0.530. The largest absolute Gasteiger partial charge is 0.290 e. The number of hydrogen-bond acceptors (Lipinski definition) is 4. The van der Waals surface area contributed by atoms with Crippen LogP contribution in [0.1, 0.15) is 15.9 Å². The van der Waals surface area contributed by atoms with Gasteiger partial charge in [0.05, 0.1) is 11.5 Å². The summed E-state index contributed by atoms with van der Waals surface area (Å²) in [5, 5.41) is 13.3. The Kier molecular flexibility index (Phi) is 3.93. The average molecular weight is 345 g/mol. The van der Waals surface area contributed by atoms with Crippen molar-refractivity contribution in [3.8, 4) is 0 Å². The molecular weight excluding hydrogens is 330 g/mol. The van der Waals surface area contributed by atoms with Crippen LogP contribution in [0.25, 0.3) is 10.8 Å². The highest BCUT2D eigenvalue weighted by Crippen LogP contribution is 2.25. The molecule has 6 nitrogen and oxygen atoms in total. The molecular formula is C20H15N3O3. The molecule has 0 N–H and O–H groups in total. The van der Waals surface area contributed by atoms with E-state index in [0.29, 0.717) is 18.9 Å². The number of nitro groups is 1. The van der Waals surface area contributed by atoms with Gasteiger partial charge in [-0.2, -0.15) is 0 Å². The number of amidine groups is 1. The number of nitrogens with zero attached hydrogens (tertiary/aromatic N) is 3. The van der Waals surface area contributed by atoms with Crippen molar-refractivity contribution in [1.29, 1.82) is 0 Å². The summed E-state index contributed by atoms with van der Waals surface area (Å²) in [7, 11) is 0. The van der Waals surface area contributed by atoms with Crippen molar-refractivity contribution in [2.75, 3.05) is 13.1 Å². The van der Waals surface area contributed by atoms with Gasteiger partial charge in [0.25, 0.3) is 11.6 Å². The summed E-state index contributed by atoms with van der Waals surface area (Å²) >= 11 is 0. The number of para-hydroxylation sites is 1. The Labute approximate surface area is 149 Å². The van der Waals surface area contributed by atoms with Gasteiger partial charge in [-0.15, -0.1) is 0 Å². The summed E-state index contributed by atoms with van der Waals surface area (Å²) in [5.41, 5.74) is 0.738. The van der Waals surface area contributed by atoms with E-state index in [-0.39, 0.29) is 11.3 Å². The number of benzene rings is 3. The molecule has 1 heterocycles. The highest BCUT2D eigenvalue weighted by Gasteiger charge is 2.30. The van der Waals surface area contributed by atoms with Gasteiger partial charge in [0.15, 0.2) is 0 Å². The van der Waals surface area contributed by atoms with Gasteiger partial charge in [0, 0.05) is 18.2 Å². The first-order valence-corrected chi connectivity index (χ1v) is 8.24. The Balaban J connectivity index is 1.78. The van der Waals surface area contributed by atoms with Crippen molar-refractivity contribution >= 4 is 28.2 Å². The van der Waals surface area contributed by atoms with Crippen LogP contribution in [0.15, 0.2) is 71.7 Å². The molecule has 0 bridgehead atoms. The molecule has 0 aromatic heterocycles. The van der Waals surface area contributed by atoms with Gasteiger partial charge in [0.2, 0.25) is 0 Å². The minimum Gasteiger partial charge on any atom is -0.290 e. The zero-order valence-corrected chi connectivity index (χ0v) is 13.8. The third-order valence-electron chi connectivity index (χ3n) is 4.45. The monoisotopic (exact) mass is 345 g/mol. The lowest BCUT2D eigenvalue weighted by Gasteiger charge is -2.19. The molecule has 1 aliphatic heterocycles. The van der Waals surface area contributed by atoms with E-state index in [1.165, 1.54) is 17.0 Å². The van der Waals surface area contributed by atoms with Crippen molar-refractivity contribution in [3.05, 3.63) is 88.0 Å². The SMILES string of the molecule is O=C(c1ccccc1[N+](=O)[O-])N1CCN=C1c1cccc2ccccc12. The molecule has 4 rings (SSSR count). The summed E-state index contributed by atoms with van der Waals surface area (Å²) in [6.07, 6.45) is 0. The lowest BCUT2D eigenvalue weighted by atomic mass is 10.0. The van der Waals surface area contributed by atoms with Crippen LogP contribution in [0.5, 0.6) is 0 Å². The number of carbonyl (C=O) groups excluding carboxylic acids is 1. The van der Waals surface area contributed by atoms with Gasteiger partial charge in [-0.25, -0.2) is 0 Å². The number of fused-ring (bicyclic) bond motifs is 1. The van der Waals surface area contributed by atoms with Gasteiger partial charge in [-0.3, -0.25) is 24.8 Å². The molecule has 0 fully saturated rings. The fourth-order valence-electron chi connectivity index (χ4n) is 3.25.